The van der Waals surface area contributed by atoms with E-state index < -0.39 is 0 Å². The average molecular weight is 331 g/mol. The second kappa shape index (κ2) is 8.52. The van der Waals surface area contributed by atoms with Crippen LogP contribution in [0.3, 0.4) is 0 Å². The molecule has 0 bridgehead atoms. The molecule has 2 aliphatic heterocycles. The highest BCUT2D eigenvalue weighted by Gasteiger charge is 2.29. The molecule has 1 saturated heterocycles. The van der Waals surface area contributed by atoms with Gasteiger partial charge in [0.15, 0.2) is 17.3 Å². The summed E-state index contributed by atoms with van der Waals surface area (Å²) in [6, 6.07) is 5.62. The van der Waals surface area contributed by atoms with Crippen molar-refractivity contribution in [3.05, 3.63) is 23.8 Å². The van der Waals surface area contributed by atoms with Gasteiger partial charge in [-0.15, -0.1) is 0 Å². The number of ketones is 1. The second-order valence-corrected chi connectivity index (χ2v) is 6.89. The largest absolute Gasteiger partial charge is 0.454 e. The molecule has 1 unspecified atom stereocenters. The fourth-order valence-corrected chi connectivity index (χ4v) is 3.72. The Hall–Kier alpha value is -1.55. The van der Waals surface area contributed by atoms with Crippen molar-refractivity contribution < 1.29 is 14.3 Å². The molecule has 2 heterocycles. The number of carbonyl (C=O) groups excluding carboxylic acids is 1. The lowest BCUT2D eigenvalue weighted by Crippen LogP contribution is -2.39. The molecule has 132 valence electrons. The van der Waals surface area contributed by atoms with E-state index in [1.807, 2.05) is 18.2 Å². The van der Waals surface area contributed by atoms with E-state index in [1.54, 1.807) is 0 Å². The standard InChI is InChI=1S/C20H29NO3/c1-2-3-4-5-6-9-17(21-12-7-8-13-21)20(22)16-10-11-18-19(14-16)24-15-23-18/h10-11,14,17H,2-9,12-13,15H2,1H3. The lowest BCUT2D eigenvalue weighted by atomic mass is 9.97. The van der Waals surface area contributed by atoms with E-state index in [2.05, 4.69) is 11.8 Å². The number of unbranched alkanes of at least 4 members (excludes halogenated alkanes) is 4. The van der Waals surface area contributed by atoms with Crippen molar-refractivity contribution >= 4 is 5.78 Å². The summed E-state index contributed by atoms with van der Waals surface area (Å²) in [4.78, 5) is 15.5. The Morgan fingerprint density at radius 3 is 2.62 bits per heavy atom. The maximum Gasteiger partial charge on any atom is 0.231 e. The predicted molar refractivity (Wildman–Crippen MR) is 94.9 cm³/mol. The zero-order valence-electron chi connectivity index (χ0n) is 14.8. The van der Waals surface area contributed by atoms with Crippen molar-refractivity contribution in [2.75, 3.05) is 19.9 Å². The van der Waals surface area contributed by atoms with E-state index in [0.29, 0.717) is 5.75 Å². The van der Waals surface area contributed by atoms with Crippen molar-refractivity contribution in [3.63, 3.8) is 0 Å². The van der Waals surface area contributed by atoms with E-state index >= 15 is 0 Å². The summed E-state index contributed by atoms with van der Waals surface area (Å²) in [7, 11) is 0. The molecule has 3 rings (SSSR count). The molecule has 1 aromatic rings. The number of hydrogen-bond acceptors (Lipinski definition) is 4. The molecule has 0 aliphatic carbocycles. The van der Waals surface area contributed by atoms with Gasteiger partial charge in [-0.3, -0.25) is 9.69 Å². The highest BCUT2D eigenvalue weighted by Crippen LogP contribution is 2.33. The molecule has 1 fully saturated rings. The summed E-state index contributed by atoms with van der Waals surface area (Å²) in [5.41, 5.74) is 0.754. The summed E-state index contributed by atoms with van der Waals surface area (Å²) in [6.45, 7) is 4.59. The summed E-state index contributed by atoms with van der Waals surface area (Å²) >= 11 is 0. The topological polar surface area (TPSA) is 38.8 Å². The van der Waals surface area contributed by atoms with Crippen LogP contribution in [0, 0.1) is 0 Å². The second-order valence-electron chi connectivity index (χ2n) is 6.89. The SMILES string of the molecule is CCCCCCCC(C(=O)c1ccc2c(c1)OCO2)N1CCCC1. The molecule has 4 heteroatoms. The van der Waals surface area contributed by atoms with Crippen molar-refractivity contribution in [1.29, 1.82) is 0 Å². The lowest BCUT2D eigenvalue weighted by molar-refractivity contribution is 0.0834. The molecule has 1 atom stereocenters. The first kappa shape index (κ1) is 17.3. The molecule has 0 saturated carbocycles. The molecular weight excluding hydrogens is 302 g/mol. The number of ether oxygens (including phenoxy) is 2. The Bertz CT molecular complexity index is 552. The van der Waals surface area contributed by atoms with Gasteiger partial charge in [0.05, 0.1) is 6.04 Å². The third-order valence-electron chi connectivity index (χ3n) is 5.12. The fourth-order valence-electron chi connectivity index (χ4n) is 3.72. The molecule has 2 aliphatic rings. The van der Waals surface area contributed by atoms with Gasteiger partial charge in [-0.1, -0.05) is 39.0 Å². The molecular formula is C20H29NO3. The minimum absolute atomic E-state index is 0.0227. The Balaban J connectivity index is 1.66. The molecule has 0 radical (unpaired) electrons. The van der Waals surface area contributed by atoms with Gasteiger partial charge in [0.25, 0.3) is 0 Å². The Kier molecular flexibility index (Phi) is 6.13. The van der Waals surface area contributed by atoms with Crippen LogP contribution in [0.1, 0.15) is 68.6 Å². The minimum Gasteiger partial charge on any atom is -0.454 e. The van der Waals surface area contributed by atoms with Crippen molar-refractivity contribution in [2.45, 2.75) is 64.3 Å². The van der Waals surface area contributed by atoms with E-state index in [1.165, 1.54) is 38.5 Å². The van der Waals surface area contributed by atoms with E-state index in [4.69, 9.17) is 9.47 Å². The number of hydrogen-bond donors (Lipinski definition) is 0. The zero-order valence-corrected chi connectivity index (χ0v) is 14.8. The quantitative estimate of drug-likeness (QED) is 0.496. The van der Waals surface area contributed by atoms with E-state index in [9.17, 15) is 4.79 Å². The van der Waals surface area contributed by atoms with Gasteiger partial charge in [0.2, 0.25) is 6.79 Å². The molecule has 4 nitrogen and oxygen atoms in total. The number of benzene rings is 1. The number of likely N-dealkylation sites (tertiary alicyclic amines) is 1. The number of Topliss-reactive ketones (excluding diaryl/α,β-unsaturated/α-hetero) is 1. The predicted octanol–water partition coefficient (Wildman–Crippen LogP) is 4.42. The molecule has 0 amide bonds. The van der Waals surface area contributed by atoms with Crippen molar-refractivity contribution in [3.8, 4) is 11.5 Å². The van der Waals surface area contributed by atoms with Crippen molar-refractivity contribution in [2.24, 2.45) is 0 Å². The third kappa shape index (κ3) is 4.10. The van der Waals surface area contributed by atoms with E-state index in [-0.39, 0.29) is 18.6 Å². The highest BCUT2D eigenvalue weighted by atomic mass is 16.7. The van der Waals surface area contributed by atoms with Crippen molar-refractivity contribution in [1.82, 2.24) is 4.90 Å². The van der Waals surface area contributed by atoms with Gasteiger partial charge in [0, 0.05) is 5.56 Å². The first-order valence-corrected chi connectivity index (χ1v) is 9.47. The van der Waals surface area contributed by atoms with Crippen LogP contribution >= 0.6 is 0 Å². The summed E-state index contributed by atoms with van der Waals surface area (Å²) in [6.07, 6.45) is 9.58. The third-order valence-corrected chi connectivity index (χ3v) is 5.12. The van der Waals surface area contributed by atoms with Gasteiger partial charge < -0.3 is 9.47 Å². The Labute approximate surface area is 145 Å². The number of rotatable bonds is 9. The summed E-state index contributed by atoms with van der Waals surface area (Å²) < 4.78 is 10.8. The number of nitrogens with zero attached hydrogens (tertiary/aromatic N) is 1. The minimum atomic E-state index is 0.0227. The van der Waals surface area contributed by atoms with Crippen LogP contribution in [-0.4, -0.2) is 36.6 Å². The number of carbonyl (C=O) groups is 1. The van der Waals surface area contributed by atoms with E-state index in [0.717, 1.165) is 37.2 Å². The zero-order chi connectivity index (χ0) is 16.8. The first-order chi connectivity index (χ1) is 11.8. The normalized spacial score (nSPS) is 18.0. The highest BCUT2D eigenvalue weighted by molar-refractivity contribution is 6.00. The lowest BCUT2D eigenvalue weighted by Gasteiger charge is -2.26. The van der Waals surface area contributed by atoms with Gasteiger partial charge in [0.1, 0.15) is 0 Å². The smallest absolute Gasteiger partial charge is 0.231 e. The van der Waals surface area contributed by atoms with Crippen LogP contribution < -0.4 is 9.47 Å². The summed E-state index contributed by atoms with van der Waals surface area (Å²) in [5.74, 6) is 1.68. The van der Waals surface area contributed by atoms with Crippen LogP contribution in [0.2, 0.25) is 0 Å². The summed E-state index contributed by atoms with van der Waals surface area (Å²) in [5, 5.41) is 0. The Morgan fingerprint density at radius 2 is 1.83 bits per heavy atom. The molecule has 0 spiro atoms. The fraction of sp³-hybridized carbons (Fsp3) is 0.650. The van der Waals surface area contributed by atoms with Crippen LogP contribution in [-0.2, 0) is 0 Å². The van der Waals surface area contributed by atoms with Gasteiger partial charge >= 0.3 is 0 Å². The van der Waals surface area contributed by atoms with Crippen LogP contribution in [0.4, 0.5) is 0 Å². The van der Waals surface area contributed by atoms with Crippen LogP contribution in [0.15, 0.2) is 18.2 Å². The van der Waals surface area contributed by atoms with Crippen LogP contribution in [0.5, 0.6) is 11.5 Å². The molecule has 1 aromatic carbocycles. The molecule has 0 N–H and O–H groups in total. The Morgan fingerprint density at radius 1 is 1.08 bits per heavy atom. The average Bonchev–Trinajstić information content (AvgIpc) is 3.28. The van der Waals surface area contributed by atoms with Gasteiger partial charge in [-0.2, -0.15) is 0 Å². The maximum absolute atomic E-state index is 13.1. The van der Waals surface area contributed by atoms with Crippen LogP contribution in [0.25, 0.3) is 0 Å². The van der Waals surface area contributed by atoms with Gasteiger partial charge in [-0.05, 0) is 50.6 Å². The first-order valence-electron chi connectivity index (χ1n) is 9.47. The number of fused-ring (bicyclic) bond motifs is 1. The monoisotopic (exact) mass is 331 g/mol. The maximum atomic E-state index is 13.1. The molecule has 0 aromatic heterocycles. The molecule has 24 heavy (non-hydrogen) atoms. The van der Waals surface area contributed by atoms with Gasteiger partial charge in [-0.25, -0.2) is 0 Å².